The first-order valence-electron chi connectivity index (χ1n) is 11.5. The molecule has 0 atom stereocenters. The van der Waals surface area contributed by atoms with Gasteiger partial charge in [-0.15, -0.1) is 0 Å². The molecule has 1 aliphatic heterocycles. The van der Waals surface area contributed by atoms with Crippen LogP contribution in [0.3, 0.4) is 0 Å². The monoisotopic (exact) mass is 426 g/mol. The maximum Gasteiger partial charge on any atom is 0.162 e. The maximum absolute atomic E-state index is 6.07. The molecule has 0 unspecified atom stereocenters. The number of pyridine rings is 1. The molecule has 32 heavy (non-hydrogen) atoms. The summed E-state index contributed by atoms with van der Waals surface area (Å²) in [4.78, 5) is 7.73. The summed E-state index contributed by atoms with van der Waals surface area (Å²) in [6.45, 7) is 9.33. The van der Waals surface area contributed by atoms with E-state index < -0.39 is 0 Å². The molecule has 5 rings (SSSR count). The van der Waals surface area contributed by atoms with Crippen molar-refractivity contribution in [3.05, 3.63) is 65.7 Å². The van der Waals surface area contributed by atoms with Gasteiger partial charge in [-0.05, 0) is 73.0 Å². The first-order valence-corrected chi connectivity index (χ1v) is 11.5. The van der Waals surface area contributed by atoms with Gasteiger partial charge in [0, 0.05) is 24.0 Å². The van der Waals surface area contributed by atoms with Gasteiger partial charge in [-0.2, -0.15) is 0 Å². The molecule has 0 amide bonds. The summed E-state index contributed by atoms with van der Waals surface area (Å²) in [5.74, 6) is 1.51. The van der Waals surface area contributed by atoms with E-state index in [2.05, 4.69) is 60.4 Å². The number of ether oxygens (including phenoxy) is 2. The number of aromatic nitrogens is 1. The molecule has 0 aliphatic carbocycles. The molecule has 3 aromatic carbocycles. The molecule has 0 radical (unpaired) electrons. The topological polar surface area (TPSA) is 34.6 Å². The fourth-order valence-electron chi connectivity index (χ4n) is 4.85. The van der Waals surface area contributed by atoms with Gasteiger partial charge >= 0.3 is 0 Å². The third-order valence-electron chi connectivity index (χ3n) is 6.40. The summed E-state index contributed by atoms with van der Waals surface area (Å²) < 4.78 is 11.6. The fourth-order valence-corrected chi connectivity index (χ4v) is 4.85. The summed E-state index contributed by atoms with van der Waals surface area (Å²) in [5.41, 5.74) is 5.96. The molecule has 4 nitrogen and oxygen atoms in total. The lowest BCUT2D eigenvalue weighted by Crippen LogP contribution is -2.31. The third-order valence-corrected chi connectivity index (χ3v) is 6.40. The van der Waals surface area contributed by atoms with Gasteiger partial charge in [0.1, 0.15) is 0 Å². The summed E-state index contributed by atoms with van der Waals surface area (Å²) in [5, 5.41) is 3.88. The van der Waals surface area contributed by atoms with Crippen molar-refractivity contribution in [2.75, 3.05) is 20.2 Å². The van der Waals surface area contributed by atoms with Crippen molar-refractivity contribution in [3.63, 3.8) is 0 Å². The van der Waals surface area contributed by atoms with Gasteiger partial charge in [0.25, 0.3) is 0 Å². The number of hydrogen-bond acceptors (Lipinski definition) is 4. The van der Waals surface area contributed by atoms with E-state index in [9.17, 15) is 0 Å². The van der Waals surface area contributed by atoms with Gasteiger partial charge < -0.3 is 9.47 Å². The molecule has 0 spiro atoms. The Labute approximate surface area is 189 Å². The summed E-state index contributed by atoms with van der Waals surface area (Å²) in [6.07, 6.45) is 1.11. The van der Waals surface area contributed by atoms with E-state index in [1.165, 1.54) is 27.3 Å². The van der Waals surface area contributed by atoms with E-state index in [-0.39, 0.29) is 6.10 Å². The average molecular weight is 427 g/mol. The second kappa shape index (κ2) is 8.44. The smallest absolute Gasteiger partial charge is 0.162 e. The molecule has 0 fully saturated rings. The molecule has 0 saturated carbocycles. The van der Waals surface area contributed by atoms with E-state index in [1.54, 1.807) is 7.11 Å². The molecular formula is C28H30N2O2. The standard InChI is InChI=1S/C28H30N2O2/c1-5-30-15-14-22-23(17-30)28(20-11-13-25(31-4)26(16-20)32-18(2)3)29-24-12-10-19-8-6-7-9-21(19)27(22)24/h6-13,16,18H,5,14-15,17H2,1-4H3. The summed E-state index contributed by atoms with van der Waals surface area (Å²) in [6, 6.07) is 19.2. The number of fused-ring (bicyclic) bond motifs is 5. The number of likely N-dealkylation sites (N-methyl/N-ethyl adjacent to an activating group) is 1. The fraction of sp³-hybridized carbons (Fsp3) is 0.321. The van der Waals surface area contributed by atoms with E-state index >= 15 is 0 Å². The van der Waals surface area contributed by atoms with Gasteiger partial charge in [-0.25, -0.2) is 4.98 Å². The molecule has 4 heteroatoms. The number of hydrogen-bond donors (Lipinski definition) is 0. The van der Waals surface area contributed by atoms with E-state index in [0.717, 1.165) is 54.3 Å². The predicted octanol–water partition coefficient (Wildman–Crippen LogP) is 6.23. The molecule has 0 bridgehead atoms. The van der Waals surface area contributed by atoms with Crippen LogP contribution in [0.2, 0.25) is 0 Å². The number of benzene rings is 3. The van der Waals surface area contributed by atoms with Crippen molar-refractivity contribution in [1.82, 2.24) is 9.88 Å². The first kappa shape index (κ1) is 20.8. The van der Waals surface area contributed by atoms with Crippen LogP contribution in [0, 0.1) is 0 Å². The lowest BCUT2D eigenvalue weighted by molar-refractivity contribution is 0.230. The van der Waals surface area contributed by atoms with Crippen molar-refractivity contribution in [1.29, 1.82) is 0 Å². The zero-order chi connectivity index (χ0) is 22.2. The van der Waals surface area contributed by atoms with Gasteiger partial charge in [-0.3, -0.25) is 4.90 Å². The highest BCUT2D eigenvalue weighted by Gasteiger charge is 2.24. The van der Waals surface area contributed by atoms with Crippen LogP contribution in [0.5, 0.6) is 11.5 Å². The van der Waals surface area contributed by atoms with Crippen LogP contribution in [0.1, 0.15) is 31.9 Å². The minimum absolute atomic E-state index is 0.0691. The highest BCUT2D eigenvalue weighted by Crippen LogP contribution is 2.39. The average Bonchev–Trinajstić information content (AvgIpc) is 2.82. The normalized spacial score (nSPS) is 14.2. The van der Waals surface area contributed by atoms with E-state index in [1.807, 2.05) is 19.9 Å². The maximum atomic E-state index is 6.07. The Morgan fingerprint density at radius 3 is 2.62 bits per heavy atom. The van der Waals surface area contributed by atoms with Crippen molar-refractivity contribution < 1.29 is 9.47 Å². The lowest BCUT2D eigenvalue weighted by Gasteiger charge is -2.30. The Balaban J connectivity index is 1.78. The molecule has 4 aromatic rings. The first-order chi connectivity index (χ1) is 15.6. The second-order valence-electron chi connectivity index (χ2n) is 8.75. The molecule has 164 valence electrons. The van der Waals surface area contributed by atoms with Crippen LogP contribution in [0.4, 0.5) is 0 Å². The van der Waals surface area contributed by atoms with Gasteiger partial charge in [0.2, 0.25) is 0 Å². The van der Waals surface area contributed by atoms with E-state index in [4.69, 9.17) is 14.5 Å². The highest BCUT2D eigenvalue weighted by molar-refractivity contribution is 6.09. The van der Waals surface area contributed by atoms with Crippen LogP contribution < -0.4 is 9.47 Å². The van der Waals surface area contributed by atoms with Crippen LogP contribution in [-0.2, 0) is 13.0 Å². The lowest BCUT2D eigenvalue weighted by atomic mass is 9.89. The molecular weight excluding hydrogens is 396 g/mol. The Bertz CT molecular complexity index is 1300. The van der Waals surface area contributed by atoms with Crippen molar-refractivity contribution in [3.8, 4) is 22.8 Å². The van der Waals surface area contributed by atoms with Crippen molar-refractivity contribution in [2.45, 2.75) is 39.8 Å². The highest BCUT2D eigenvalue weighted by atomic mass is 16.5. The van der Waals surface area contributed by atoms with Gasteiger partial charge in [-0.1, -0.05) is 37.3 Å². The predicted molar refractivity (Wildman–Crippen MR) is 132 cm³/mol. The second-order valence-corrected chi connectivity index (χ2v) is 8.75. The number of methoxy groups -OCH3 is 1. The van der Waals surface area contributed by atoms with Gasteiger partial charge in [0.05, 0.1) is 24.4 Å². The number of rotatable bonds is 5. The van der Waals surface area contributed by atoms with Crippen LogP contribution in [0.15, 0.2) is 54.6 Å². The third kappa shape index (κ3) is 3.59. The van der Waals surface area contributed by atoms with Crippen LogP contribution >= 0.6 is 0 Å². The molecule has 0 saturated heterocycles. The van der Waals surface area contributed by atoms with E-state index in [0.29, 0.717) is 0 Å². The zero-order valence-corrected chi connectivity index (χ0v) is 19.3. The minimum Gasteiger partial charge on any atom is -0.493 e. The Kier molecular flexibility index (Phi) is 5.48. The van der Waals surface area contributed by atoms with Crippen molar-refractivity contribution in [2.24, 2.45) is 0 Å². The zero-order valence-electron chi connectivity index (χ0n) is 19.3. The molecule has 0 N–H and O–H groups in total. The molecule has 2 heterocycles. The van der Waals surface area contributed by atoms with Crippen LogP contribution in [-0.4, -0.2) is 36.2 Å². The minimum atomic E-state index is 0.0691. The Morgan fingerprint density at radius 2 is 1.84 bits per heavy atom. The summed E-state index contributed by atoms with van der Waals surface area (Å²) >= 11 is 0. The molecule has 1 aliphatic rings. The van der Waals surface area contributed by atoms with Crippen molar-refractivity contribution >= 4 is 21.7 Å². The largest absolute Gasteiger partial charge is 0.493 e. The van der Waals surface area contributed by atoms with Crippen LogP contribution in [0.25, 0.3) is 32.9 Å². The SMILES string of the molecule is CCN1CCc2c(c(-c3ccc(OC)c(OC(C)C)c3)nc3ccc4ccccc4c23)C1. The quantitative estimate of drug-likeness (QED) is 0.354. The molecule has 1 aromatic heterocycles. The summed E-state index contributed by atoms with van der Waals surface area (Å²) in [7, 11) is 1.68. The van der Waals surface area contributed by atoms with Gasteiger partial charge in [0.15, 0.2) is 11.5 Å². The Hall–Kier alpha value is -3.11. The Morgan fingerprint density at radius 1 is 1.00 bits per heavy atom. The number of nitrogens with zero attached hydrogens (tertiary/aromatic N) is 2.